The summed E-state index contributed by atoms with van der Waals surface area (Å²) in [4.78, 5) is 24.6. The van der Waals surface area contributed by atoms with E-state index in [0.29, 0.717) is 32.5 Å². The highest BCUT2D eigenvalue weighted by atomic mass is 16.4. The molecule has 0 bridgehead atoms. The van der Waals surface area contributed by atoms with E-state index in [1.807, 2.05) is 11.8 Å². The molecule has 5 nitrogen and oxygen atoms in total. The molecule has 1 saturated heterocycles. The van der Waals surface area contributed by atoms with E-state index in [0.717, 1.165) is 0 Å². The number of likely N-dealkylation sites (tertiary alicyclic amines) is 1. The number of nitrogens with zero attached hydrogens (tertiary/aromatic N) is 1. The van der Waals surface area contributed by atoms with Crippen LogP contribution in [-0.4, -0.2) is 48.1 Å². The van der Waals surface area contributed by atoms with Gasteiger partial charge in [0.2, 0.25) is 5.91 Å². The number of aliphatic carboxylic acids is 1. The van der Waals surface area contributed by atoms with Gasteiger partial charge in [-0.05, 0) is 19.4 Å². The summed E-state index contributed by atoms with van der Waals surface area (Å²) < 4.78 is 0. The Bertz CT molecular complexity index is 317. The molecule has 17 heavy (non-hydrogen) atoms. The van der Waals surface area contributed by atoms with Crippen LogP contribution in [0, 0.1) is 5.41 Å². The van der Waals surface area contributed by atoms with Crippen LogP contribution >= 0.6 is 0 Å². The molecule has 0 aromatic carbocycles. The predicted molar refractivity (Wildman–Crippen MR) is 64.6 cm³/mol. The Morgan fingerprint density at radius 2 is 2.29 bits per heavy atom. The minimum absolute atomic E-state index is 0.0813. The largest absolute Gasteiger partial charge is 0.481 e. The molecule has 1 heterocycles. The second-order valence-electron chi connectivity index (χ2n) is 4.49. The molecule has 0 aromatic heterocycles. The average Bonchev–Trinajstić information content (AvgIpc) is 2.71. The topological polar surface area (TPSA) is 69.6 Å². The third kappa shape index (κ3) is 3.30. The Labute approximate surface area is 101 Å². The van der Waals surface area contributed by atoms with Gasteiger partial charge in [0.15, 0.2) is 0 Å². The smallest absolute Gasteiger partial charge is 0.310 e. The Balaban J connectivity index is 2.47. The zero-order chi connectivity index (χ0) is 12.9. The lowest BCUT2D eigenvalue weighted by molar-refractivity contribution is -0.148. The third-order valence-electron chi connectivity index (χ3n) is 3.37. The van der Waals surface area contributed by atoms with Gasteiger partial charge in [-0.3, -0.25) is 14.5 Å². The second-order valence-corrected chi connectivity index (χ2v) is 4.49. The van der Waals surface area contributed by atoms with E-state index < -0.39 is 11.4 Å². The van der Waals surface area contributed by atoms with E-state index in [2.05, 4.69) is 11.9 Å². The van der Waals surface area contributed by atoms with Gasteiger partial charge in [0.1, 0.15) is 0 Å². The van der Waals surface area contributed by atoms with Crippen molar-refractivity contribution in [1.82, 2.24) is 10.2 Å². The number of carbonyl (C=O) groups excluding carboxylic acids is 1. The van der Waals surface area contributed by atoms with E-state index >= 15 is 0 Å². The van der Waals surface area contributed by atoms with Crippen LogP contribution in [0.5, 0.6) is 0 Å². The van der Waals surface area contributed by atoms with Gasteiger partial charge in [0, 0.05) is 13.1 Å². The molecule has 1 amide bonds. The van der Waals surface area contributed by atoms with E-state index in [9.17, 15) is 14.7 Å². The molecular weight excluding hydrogens is 220 g/mol. The van der Waals surface area contributed by atoms with Gasteiger partial charge in [0.25, 0.3) is 0 Å². The fourth-order valence-electron chi connectivity index (χ4n) is 2.15. The van der Waals surface area contributed by atoms with Crippen LogP contribution in [0.15, 0.2) is 12.7 Å². The molecule has 0 aromatic rings. The highest BCUT2D eigenvalue weighted by molar-refractivity contribution is 5.79. The Hall–Kier alpha value is -1.36. The summed E-state index contributed by atoms with van der Waals surface area (Å²) in [5, 5.41) is 11.9. The third-order valence-corrected chi connectivity index (χ3v) is 3.37. The molecule has 1 rings (SSSR count). The lowest BCUT2D eigenvalue weighted by atomic mass is 9.84. The lowest BCUT2D eigenvalue weighted by Gasteiger charge is -2.22. The minimum atomic E-state index is -0.756. The number of carbonyl (C=O) groups is 2. The van der Waals surface area contributed by atoms with Crippen molar-refractivity contribution < 1.29 is 14.7 Å². The highest BCUT2D eigenvalue weighted by Gasteiger charge is 2.43. The normalized spacial score (nSPS) is 24.5. The van der Waals surface area contributed by atoms with E-state index in [-0.39, 0.29) is 12.5 Å². The zero-order valence-corrected chi connectivity index (χ0v) is 10.2. The number of amides is 1. The van der Waals surface area contributed by atoms with Crippen molar-refractivity contribution >= 4 is 11.9 Å². The summed E-state index contributed by atoms with van der Waals surface area (Å²) in [7, 11) is 0. The van der Waals surface area contributed by atoms with Crippen molar-refractivity contribution in [3.63, 3.8) is 0 Å². The summed E-state index contributed by atoms with van der Waals surface area (Å²) in [5.74, 6) is -0.837. The molecule has 5 heteroatoms. The molecule has 0 aliphatic carbocycles. The van der Waals surface area contributed by atoms with E-state index in [1.165, 1.54) is 0 Å². The van der Waals surface area contributed by atoms with Gasteiger partial charge in [-0.2, -0.15) is 0 Å². The van der Waals surface area contributed by atoms with Crippen molar-refractivity contribution in [3.8, 4) is 0 Å². The molecule has 1 fully saturated rings. The molecule has 0 radical (unpaired) electrons. The van der Waals surface area contributed by atoms with Crippen molar-refractivity contribution in [2.75, 3.05) is 26.2 Å². The zero-order valence-electron chi connectivity index (χ0n) is 10.2. The molecule has 1 unspecified atom stereocenters. The summed E-state index contributed by atoms with van der Waals surface area (Å²) in [6.07, 6.45) is 2.84. The van der Waals surface area contributed by atoms with Crippen molar-refractivity contribution in [2.45, 2.75) is 19.8 Å². The fraction of sp³-hybridized carbons (Fsp3) is 0.667. The number of rotatable bonds is 6. The lowest BCUT2D eigenvalue weighted by Crippen LogP contribution is -2.39. The highest BCUT2D eigenvalue weighted by Crippen LogP contribution is 2.33. The molecule has 1 aliphatic rings. The predicted octanol–water partition coefficient (Wildman–Crippen LogP) is 0.475. The van der Waals surface area contributed by atoms with Gasteiger partial charge in [0.05, 0.1) is 12.0 Å². The first-order valence-corrected chi connectivity index (χ1v) is 5.87. The van der Waals surface area contributed by atoms with Gasteiger partial charge < -0.3 is 10.4 Å². The van der Waals surface area contributed by atoms with Crippen molar-refractivity contribution in [1.29, 1.82) is 0 Å². The van der Waals surface area contributed by atoms with Crippen LogP contribution in [-0.2, 0) is 9.59 Å². The molecule has 96 valence electrons. The SMILES string of the molecule is C=CCNC(=O)CN1CCC(CC)(C(=O)O)C1. The Morgan fingerprint density at radius 3 is 2.76 bits per heavy atom. The Kier molecular flexibility index (Phi) is 4.69. The minimum Gasteiger partial charge on any atom is -0.481 e. The summed E-state index contributed by atoms with van der Waals surface area (Å²) in [6.45, 7) is 7.24. The first-order valence-electron chi connectivity index (χ1n) is 5.87. The van der Waals surface area contributed by atoms with Gasteiger partial charge in [-0.25, -0.2) is 0 Å². The van der Waals surface area contributed by atoms with Gasteiger partial charge >= 0.3 is 5.97 Å². The Morgan fingerprint density at radius 1 is 1.59 bits per heavy atom. The number of hydrogen-bond acceptors (Lipinski definition) is 3. The van der Waals surface area contributed by atoms with Crippen LogP contribution < -0.4 is 5.32 Å². The molecule has 0 spiro atoms. The maximum absolute atomic E-state index is 11.5. The van der Waals surface area contributed by atoms with Gasteiger partial charge in [-0.1, -0.05) is 13.0 Å². The summed E-state index contributed by atoms with van der Waals surface area (Å²) >= 11 is 0. The van der Waals surface area contributed by atoms with Crippen LogP contribution in [0.1, 0.15) is 19.8 Å². The first-order chi connectivity index (χ1) is 8.04. The van der Waals surface area contributed by atoms with Crippen molar-refractivity contribution in [3.05, 3.63) is 12.7 Å². The summed E-state index contributed by atoms with van der Waals surface area (Å²) in [6, 6.07) is 0. The number of hydrogen-bond donors (Lipinski definition) is 2. The fourth-order valence-corrected chi connectivity index (χ4v) is 2.15. The van der Waals surface area contributed by atoms with Gasteiger partial charge in [-0.15, -0.1) is 6.58 Å². The van der Waals surface area contributed by atoms with E-state index in [1.54, 1.807) is 6.08 Å². The van der Waals surface area contributed by atoms with E-state index in [4.69, 9.17) is 0 Å². The average molecular weight is 240 g/mol. The van der Waals surface area contributed by atoms with Crippen LogP contribution in [0.2, 0.25) is 0 Å². The maximum Gasteiger partial charge on any atom is 0.310 e. The van der Waals surface area contributed by atoms with Crippen molar-refractivity contribution in [2.24, 2.45) is 5.41 Å². The number of nitrogens with one attached hydrogen (secondary N) is 1. The van der Waals surface area contributed by atoms with Crippen LogP contribution in [0.25, 0.3) is 0 Å². The molecule has 1 aliphatic heterocycles. The number of carboxylic acids is 1. The first kappa shape index (κ1) is 13.7. The molecule has 1 atom stereocenters. The summed E-state index contributed by atoms with van der Waals surface area (Å²) in [5.41, 5.74) is -0.668. The molecule has 0 saturated carbocycles. The molecular formula is C12H20N2O3. The van der Waals surface area contributed by atoms with Crippen LogP contribution in [0.4, 0.5) is 0 Å². The molecule has 2 N–H and O–H groups in total. The monoisotopic (exact) mass is 240 g/mol. The van der Waals surface area contributed by atoms with Crippen LogP contribution in [0.3, 0.4) is 0 Å². The number of carboxylic acid groups (broad SMARTS) is 1. The maximum atomic E-state index is 11.5. The second kappa shape index (κ2) is 5.82. The quantitative estimate of drug-likeness (QED) is 0.662. The standard InChI is InChI=1S/C12H20N2O3/c1-3-6-13-10(15)8-14-7-5-12(4-2,9-14)11(16)17/h3H,1,4-9H2,2H3,(H,13,15)(H,16,17).